The first-order valence-electron chi connectivity index (χ1n) is 4.57. The summed E-state index contributed by atoms with van der Waals surface area (Å²) in [6.45, 7) is 2.01. The highest BCUT2D eigenvalue weighted by Crippen LogP contribution is 2.46. The summed E-state index contributed by atoms with van der Waals surface area (Å²) in [5, 5.41) is 3.25. The Labute approximate surface area is 72.5 Å². The van der Waals surface area contributed by atoms with Gasteiger partial charge in [0.05, 0.1) is 13.0 Å². The molecule has 1 aliphatic heterocycles. The van der Waals surface area contributed by atoms with Gasteiger partial charge in [-0.3, -0.25) is 4.79 Å². The number of ether oxygens (including phenoxy) is 1. The molecular formula is C9H15NO2. The molecule has 1 atom stereocenters. The predicted octanol–water partition coefficient (Wildman–Crippen LogP) is 0.549. The molecule has 12 heavy (non-hydrogen) atoms. The first-order valence-corrected chi connectivity index (χ1v) is 4.57. The van der Waals surface area contributed by atoms with Gasteiger partial charge in [0, 0.05) is 18.5 Å². The van der Waals surface area contributed by atoms with Crippen molar-refractivity contribution in [1.82, 2.24) is 5.32 Å². The Morgan fingerprint density at radius 2 is 2.33 bits per heavy atom. The van der Waals surface area contributed by atoms with Crippen LogP contribution in [0.2, 0.25) is 0 Å². The summed E-state index contributed by atoms with van der Waals surface area (Å²) in [4.78, 5) is 11.4. The molecule has 0 bridgehead atoms. The molecule has 1 spiro atoms. The predicted molar refractivity (Wildman–Crippen MR) is 44.7 cm³/mol. The van der Waals surface area contributed by atoms with Crippen molar-refractivity contribution >= 4 is 5.97 Å². The van der Waals surface area contributed by atoms with E-state index in [1.54, 1.807) is 0 Å². The highest BCUT2D eigenvalue weighted by molar-refractivity contribution is 5.74. The zero-order chi connectivity index (χ0) is 8.60. The van der Waals surface area contributed by atoms with E-state index in [9.17, 15) is 4.79 Å². The van der Waals surface area contributed by atoms with Crippen LogP contribution in [0, 0.1) is 11.3 Å². The van der Waals surface area contributed by atoms with E-state index >= 15 is 0 Å². The van der Waals surface area contributed by atoms with Gasteiger partial charge in [-0.05, 0) is 12.8 Å². The van der Waals surface area contributed by atoms with Crippen molar-refractivity contribution in [2.45, 2.75) is 19.3 Å². The topological polar surface area (TPSA) is 38.3 Å². The van der Waals surface area contributed by atoms with Crippen LogP contribution in [0.15, 0.2) is 0 Å². The second-order valence-corrected chi connectivity index (χ2v) is 3.93. The van der Waals surface area contributed by atoms with Gasteiger partial charge < -0.3 is 10.1 Å². The highest BCUT2D eigenvalue weighted by atomic mass is 16.5. The Morgan fingerprint density at radius 1 is 1.58 bits per heavy atom. The van der Waals surface area contributed by atoms with Crippen molar-refractivity contribution in [2.75, 3.05) is 20.2 Å². The van der Waals surface area contributed by atoms with Crippen LogP contribution in [-0.4, -0.2) is 26.2 Å². The van der Waals surface area contributed by atoms with E-state index in [1.165, 1.54) is 20.0 Å². The van der Waals surface area contributed by atoms with E-state index in [4.69, 9.17) is 4.74 Å². The molecule has 68 valence electrons. The number of hydrogen-bond donors (Lipinski definition) is 1. The molecule has 3 heteroatoms. The maximum absolute atomic E-state index is 11.4. The molecule has 1 saturated heterocycles. The number of carbonyl (C=O) groups is 1. The maximum atomic E-state index is 11.4. The Hall–Kier alpha value is -0.570. The molecule has 0 aromatic heterocycles. The van der Waals surface area contributed by atoms with E-state index in [1.807, 2.05) is 0 Å². The number of esters is 1. The van der Waals surface area contributed by atoms with Crippen molar-refractivity contribution in [3.63, 3.8) is 0 Å². The van der Waals surface area contributed by atoms with Gasteiger partial charge in [0.2, 0.25) is 0 Å². The van der Waals surface area contributed by atoms with Crippen LogP contribution < -0.4 is 5.32 Å². The van der Waals surface area contributed by atoms with Gasteiger partial charge >= 0.3 is 5.97 Å². The van der Waals surface area contributed by atoms with Gasteiger partial charge in [-0.25, -0.2) is 0 Å². The molecule has 2 fully saturated rings. The number of methoxy groups -OCH3 is 1. The minimum atomic E-state index is -0.00556. The molecule has 1 saturated carbocycles. The van der Waals surface area contributed by atoms with Gasteiger partial charge in [0.1, 0.15) is 0 Å². The Kier molecular flexibility index (Phi) is 1.83. The molecule has 0 radical (unpaired) electrons. The smallest absolute Gasteiger partial charge is 0.309 e. The third-order valence-electron chi connectivity index (χ3n) is 3.35. The molecule has 2 rings (SSSR count). The van der Waals surface area contributed by atoms with E-state index < -0.39 is 0 Å². The Balaban J connectivity index is 2.09. The van der Waals surface area contributed by atoms with Crippen molar-refractivity contribution in [1.29, 1.82) is 0 Å². The molecule has 0 amide bonds. The maximum Gasteiger partial charge on any atom is 0.309 e. The van der Waals surface area contributed by atoms with Gasteiger partial charge in [0.15, 0.2) is 0 Å². The molecule has 1 heterocycles. The summed E-state index contributed by atoms with van der Waals surface area (Å²) >= 11 is 0. The fraction of sp³-hybridized carbons (Fsp3) is 0.889. The zero-order valence-corrected chi connectivity index (χ0v) is 7.43. The Morgan fingerprint density at radius 3 is 2.83 bits per heavy atom. The fourth-order valence-electron chi connectivity index (χ4n) is 2.52. The first kappa shape index (κ1) is 8.05. The van der Waals surface area contributed by atoms with E-state index in [2.05, 4.69) is 5.32 Å². The normalized spacial score (nSPS) is 31.6. The molecule has 1 N–H and O–H groups in total. The van der Waals surface area contributed by atoms with Gasteiger partial charge in [0.25, 0.3) is 0 Å². The number of carbonyl (C=O) groups excluding carboxylic acids is 1. The van der Waals surface area contributed by atoms with E-state index in [0.717, 1.165) is 19.5 Å². The second-order valence-electron chi connectivity index (χ2n) is 3.93. The monoisotopic (exact) mass is 169 g/mol. The molecule has 1 aliphatic carbocycles. The van der Waals surface area contributed by atoms with Gasteiger partial charge in [-0.2, -0.15) is 0 Å². The molecule has 2 aliphatic rings. The average Bonchev–Trinajstić information content (AvgIpc) is 2.45. The SMILES string of the molecule is COC(=O)C1CCCC12CNC2. The van der Waals surface area contributed by atoms with Gasteiger partial charge in [-0.15, -0.1) is 0 Å². The average molecular weight is 169 g/mol. The molecule has 0 aromatic rings. The number of rotatable bonds is 1. The minimum Gasteiger partial charge on any atom is -0.469 e. The lowest BCUT2D eigenvalue weighted by atomic mass is 9.73. The first-order chi connectivity index (χ1) is 5.78. The largest absolute Gasteiger partial charge is 0.469 e. The third-order valence-corrected chi connectivity index (χ3v) is 3.35. The van der Waals surface area contributed by atoms with Crippen LogP contribution in [0.1, 0.15) is 19.3 Å². The highest BCUT2D eigenvalue weighted by Gasteiger charge is 2.50. The molecule has 0 aromatic carbocycles. The summed E-state index contributed by atoms with van der Waals surface area (Å²) in [5.74, 6) is 0.165. The quantitative estimate of drug-likeness (QED) is 0.582. The zero-order valence-electron chi connectivity index (χ0n) is 7.43. The lowest BCUT2D eigenvalue weighted by Gasteiger charge is -2.43. The fourth-order valence-corrected chi connectivity index (χ4v) is 2.52. The summed E-state index contributed by atoms with van der Waals surface area (Å²) < 4.78 is 4.80. The van der Waals surface area contributed by atoms with Crippen LogP contribution >= 0.6 is 0 Å². The molecule has 3 nitrogen and oxygen atoms in total. The summed E-state index contributed by atoms with van der Waals surface area (Å²) in [6.07, 6.45) is 3.40. The van der Waals surface area contributed by atoms with Crippen LogP contribution in [-0.2, 0) is 9.53 Å². The van der Waals surface area contributed by atoms with Crippen LogP contribution in [0.3, 0.4) is 0 Å². The second kappa shape index (κ2) is 2.73. The number of hydrogen-bond acceptors (Lipinski definition) is 3. The van der Waals surface area contributed by atoms with Crippen molar-refractivity contribution in [3.8, 4) is 0 Å². The summed E-state index contributed by atoms with van der Waals surface area (Å²) in [5.41, 5.74) is 0.271. The third kappa shape index (κ3) is 0.959. The van der Waals surface area contributed by atoms with Crippen molar-refractivity contribution < 1.29 is 9.53 Å². The lowest BCUT2D eigenvalue weighted by molar-refractivity contribution is -0.150. The van der Waals surface area contributed by atoms with Crippen molar-refractivity contribution in [3.05, 3.63) is 0 Å². The van der Waals surface area contributed by atoms with Crippen LogP contribution in [0.4, 0.5) is 0 Å². The van der Waals surface area contributed by atoms with Crippen LogP contribution in [0.5, 0.6) is 0 Å². The summed E-state index contributed by atoms with van der Waals surface area (Å²) in [6, 6.07) is 0. The van der Waals surface area contributed by atoms with Crippen molar-refractivity contribution in [2.24, 2.45) is 11.3 Å². The molecule has 1 unspecified atom stereocenters. The van der Waals surface area contributed by atoms with Crippen LogP contribution in [0.25, 0.3) is 0 Å². The summed E-state index contributed by atoms with van der Waals surface area (Å²) in [7, 11) is 1.49. The Bertz CT molecular complexity index is 199. The van der Waals surface area contributed by atoms with E-state index in [-0.39, 0.29) is 17.3 Å². The minimum absolute atomic E-state index is 0.00556. The standard InChI is InChI=1S/C9H15NO2/c1-12-8(11)7-3-2-4-9(7)5-10-6-9/h7,10H,2-6H2,1H3. The molecular weight excluding hydrogens is 154 g/mol. The lowest BCUT2D eigenvalue weighted by Crippen LogP contribution is -2.57. The number of nitrogens with one attached hydrogen (secondary N) is 1. The van der Waals surface area contributed by atoms with E-state index in [0.29, 0.717) is 0 Å². The van der Waals surface area contributed by atoms with Gasteiger partial charge in [-0.1, -0.05) is 6.42 Å².